The highest BCUT2D eigenvalue weighted by Crippen LogP contribution is 2.48. The van der Waals surface area contributed by atoms with Crippen LogP contribution in [0.25, 0.3) is 0 Å². The molecule has 0 aromatic heterocycles. The lowest BCUT2D eigenvalue weighted by atomic mass is 9.85. The molecular formula is C16H20N2O4. The van der Waals surface area contributed by atoms with Crippen molar-refractivity contribution in [3.63, 3.8) is 0 Å². The van der Waals surface area contributed by atoms with Gasteiger partial charge in [0.15, 0.2) is 0 Å². The van der Waals surface area contributed by atoms with Crippen LogP contribution in [0.2, 0.25) is 0 Å². The van der Waals surface area contributed by atoms with E-state index in [2.05, 4.69) is 5.32 Å². The van der Waals surface area contributed by atoms with Gasteiger partial charge in [0.1, 0.15) is 0 Å². The van der Waals surface area contributed by atoms with Crippen LogP contribution >= 0.6 is 0 Å². The van der Waals surface area contributed by atoms with E-state index in [0.717, 1.165) is 19.3 Å². The second-order valence-electron chi connectivity index (χ2n) is 6.38. The molecule has 2 bridgehead atoms. The number of nitrogens with zero attached hydrogens (tertiary/aromatic N) is 1. The van der Waals surface area contributed by atoms with Crippen molar-refractivity contribution >= 4 is 11.6 Å². The third-order valence-electron chi connectivity index (χ3n) is 5.11. The number of non-ortho nitro benzene ring substituents is 1. The molecule has 3 rings (SSSR count). The van der Waals surface area contributed by atoms with Gasteiger partial charge in [-0.3, -0.25) is 14.9 Å². The van der Waals surface area contributed by atoms with Crippen molar-refractivity contribution in [2.24, 2.45) is 17.8 Å². The van der Waals surface area contributed by atoms with Gasteiger partial charge in [-0.25, -0.2) is 0 Å². The molecule has 22 heavy (non-hydrogen) atoms. The van der Waals surface area contributed by atoms with Gasteiger partial charge in [-0.1, -0.05) is 12.1 Å². The SMILES string of the molecule is O=C(Cc1cccc([N+](=O)[O-])c1)NC1C2CCC(C2)C1CO. The van der Waals surface area contributed by atoms with E-state index in [1.165, 1.54) is 12.1 Å². The molecule has 4 atom stereocenters. The van der Waals surface area contributed by atoms with Crippen molar-refractivity contribution in [3.8, 4) is 0 Å². The van der Waals surface area contributed by atoms with Crippen molar-refractivity contribution in [2.45, 2.75) is 31.7 Å². The average Bonchev–Trinajstić information content (AvgIpc) is 3.08. The van der Waals surface area contributed by atoms with Crippen LogP contribution in [-0.4, -0.2) is 28.6 Å². The molecule has 0 radical (unpaired) electrons. The van der Waals surface area contributed by atoms with Gasteiger partial charge in [-0.2, -0.15) is 0 Å². The van der Waals surface area contributed by atoms with Gasteiger partial charge in [-0.15, -0.1) is 0 Å². The van der Waals surface area contributed by atoms with Gasteiger partial charge in [0.25, 0.3) is 5.69 Å². The number of amides is 1. The quantitative estimate of drug-likeness (QED) is 0.639. The van der Waals surface area contributed by atoms with E-state index in [1.54, 1.807) is 12.1 Å². The normalized spacial score (nSPS) is 29.5. The monoisotopic (exact) mass is 304 g/mol. The second-order valence-corrected chi connectivity index (χ2v) is 6.38. The maximum Gasteiger partial charge on any atom is 0.269 e. The van der Waals surface area contributed by atoms with Crippen LogP contribution in [0.5, 0.6) is 0 Å². The number of hydrogen-bond donors (Lipinski definition) is 2. The minimum Gasteiger partial charge on any atom is -0.396 e. The zero-order chi connectivity index (χ0) is 15.7. The Morgan fingerprint density at radius 1 is 1.36 bits per heavy atom. The zero-order valence-corrected chi connectivity index (χ0v) is 12.3. The first-order valence-electron chi connectivity index (χ1n) is 7.72. The molecule has 0 spiro atoms. The van der Waals surface area contributed by atoms with Crippen molar-refractivity contribution in [3.05, 3.63) is 39.9 Å². The minimum absolute atomic E-state index is 0.00143. The van der Waals surface area contributed by atoms with Crippen LogP contribution < -0.4 is 5.32 Å². The van der Waals surface area contributed by atoms with Crippen molar-refractivity contribution in [1.82, 2.24) is 5.32 Å². The number of benzene rings is 1. The third-order valence-corrected chi connectivity index (χ3v) is 5.11. The van der Waals surface area contributed by atoms with E-state index >= 15 is 0 Å². The summed E-state index contributed by atoms with van der Waals surface area (Å²) in [4.78, 5) is 22.5. The van der Waals surface area contributed by atoms with Crippen molar-refractivity contribution < 1.29 is 14.8 Å². The van der Waals surface area contributed by atoms with E-state index < -0.39 is 4.92 Å². The van der Waals surface area contributed by atoms with Crippen LogP contribution in [0.1, 0.15) is 24.8 Å². The van der Waals surface area contributed by atoms with E-state index in [-0.39, 0.29) is 36.6 Å². The topological polar surface area (TPSA) is 92.5 Å². The lowest BCUT2D eigenvalue weighted by Crippen LogP contribution is -2.45. The van der Waals surface area contributed by atoms with E-state index in [0.29, 0.717) is 17.4 Å². The highest BCUT2D eigenvalue weighted by atomic mass is 16.6. The first-order chi connectivity index (χ1) is 10.6. The predicted octanol–water partition coefficient (Wildman–Crippen LogP) is 1.66. The average molecular weight is 304 g/mol. The summed E-state index contributed by atoms with van der Waals surface area (Å²) < 4.78 is 0. The second kappa shape index (κ2) is 6.04. The number of nitro benzene ring substituents is 1. The fraction of sp³-hybridized carbons (Fsp3) is 0.562. The van der Waals surface area contributed by atoms with E-state index in [4.69, 9.17) is 0 Å². The van der Waals surface area contributed by atoms with Crippen molar-refractivity contribution in [2.75, 3.05) is 6.61 Å². The Balaban J connectivity index is 1.63. The number of aliphatic hydroxyl groups is 1. The molecular weight excluding hydrogens is 284 g/mol. The highest BCUT2D eigenvalue weighted by molar-refractivity contribution is 5.79. The van der Waals surface area contributed by atoms with Gasteiger partial charge < -0.3 is 10.4 Å². The van der Waals surface area contributed by atoms with Crippen molar-refractivity contribution in [1.29, 1.82) is 0 Å². The summed E-state index contributed by atoms with van der Waals surface area (Å²) in [5, 5.41) is 23.3. The standard InChI is InChI=1S/C16H20N2O4/c19-9-14-11-4-5-12(8-11)16(14)17-15(20)7-10-2-1-3-13(6-10)18(21)22/h1-3,6,11-12,14,16,19H,4-5,7-9H2,(H,17,20). The molecule has 6 heteroatoms. The summed E-state index contributed by atoms with van der Waals surface area (Å²) in [6.45, 7) is 0.114. The molecule has 0 saturated heterocycles. The molecule has 1 aromatic carbocycles. The Morgan fingerprint density at radius 2 is 2.14 bits per heavy atom. The number of fused-ring (bicyclic) bond motifs is 2. The fourth-order valence-electron chi connectivity index (χ4n) is 4.10. The molecule has 2 aliphatic carbocycles. The number of nitro groups is 1. The Morgan fingerprint density at radius 3 is 2.86 bits per heavy atom. The number of hydrogen-bond acceptors (Lipinski definition) is 4. The molecule has 0 heterocycles. The summed E-state index contributed by atoms with van der Waals surface area (Å²) >= 11 is 0. The van der Waals surface area contributed by atoms with E-state index in [9.17, 15) is 20.0 Å². The van der Waals surface area contributed by atoms with Crippen LogP contribution in [0.15, 0.2) is 24.3 Å². The molecule has 0 aliphatic heterocycles. The van der Waals surface area contributed by atoms with E-state index in [1.807, 2.05) is 0 Å². The molecule has 118 valence electrons. The summed E-state index contributed by atoms with van der Waals surface area (Å²) in [5.74, 6) is 1.03. The summed E-state index contributed by atoms with van der Waals surface area (Å²) in [7, 11) is 0. The van der Waals surface area contributed by atoms with Gasteiger partial charge in [-0.05, 0) is 36.7 Å². The lowest BCUT2D eigenvalue weighted by Gasteiger charge is -2.30. The summed E-state index contributed by atoms with van der Waals surface area (Å²) in [6.07, 6.45) is 3.48. The number of nitrogens with one attached hydrogen (secondary N) is 1. The predicted molar refractivity (Wildman–Crippen MR) is 80.1 cm³/mol. The molecule has 2 aliphatic rings. The van der Waals surface area contributed by atoms with Gasteiger partial charge in [0.2, 0.25) is 5.91 Å². The third kappa shape index (κ3) is 2.83. The number of carbonyl (C=O) groups excluding carboxylic acids is 1. The first kappa shape index (κ1) is 15.0. The maximum atomic E-state index is 12.2. The molecule has 6 nitrogen and oxygen atoms in total. The Bertz CT molecular complexity index is 589. The van der Waals surface area contributed by atoms with Gasteiger partial charge >= 0.3 is 0 Å². The Hall–Kier alpha value is -1.95. The van der Waals surface area contributed by atoms with Crippen LogP contribution in [0, 0.1) is 27.9 Å². The Kier molecular flexibility index (Phi) is 4.11. The number of aliphatic hydroxyl groups excluding tert-OH is 1. The fourth-order valence-corrected chi connectivity index (χ4v) is 4.10. The zero-order valence-electron chi connectivity index (χ0n) is 12.3. The van der Waals surface area contributed by atoms with Crippen LogP contribution in [-0.2, 0) is 11.2 Å². The van der Waals surface area contributed by atoms with Gasteiger partial charge in [0.05, 0.1) is 11.3 Å². The van der Waals surface area contributed by atoms with Crippen LogP contribution in [0.3, 0.4) is 0 Å². The first-order valence-corrected chi connectivity index (χ1v) is 7.72. The smallest absolute Gasteiger partial charge is 0.269 e. The lowest BCUT2D eigenvalue weighted by molar-refractivity contribution is -0.384. The largest absolute Gasteiger partial charge is 0.396 e. The minimum atomic E-state index is -0.459. The molecule has 2 N–H and O–H groups in total. The molecule has 2 saturated carbocycles. The summed E-state index contributed by atoms with van der Waals surface area (Å²) in [5.41, 5.74) is 0.633. The Labute approximate surface area is 128 Å². The maximum absolute atomic E-state index is 12.2. The van der Waals surface area contributed by atoms with Crippen LogP contribution in [0.4, 0.5) is 5.69 Å². The molecule has 1 amide bonds. The molecule has 4 unspecified atom stereocenters. The summed E-state index contributed by atoms with van der Waals surface area (Å²) in [6, 6.07) is 6.21. The molecule has 2 fully saturated rings. The molecule has 1 aromatic rings. The number of rotatable bonds is 5. The highest BCUT2D eigenvalue weighted by Gasteiger charge is 2.47. The number of carbonyl (C=O) groups is 1. The van der Waals surface area contributed by atoms with Gasteiger partial charge in [0, 0.05) is 30.7 Å².